The average molecular weight is 367 g/mol. The zero-order valence-corrected chi connectivity index (χ0v) is 15.0. The monoisotopic (exact) mass is 367 g/mol. The third-order valence-corrected chi connectivity index (χ3v) is 5.95. The Morgan fingerprint density at radius 2 is 2.26 bits per heavy atom. The van der Waals surface area contributed by atoms with Crippen molar-refractivity contribution in [1.29, 1.82) is 0 Å². The number of carbonyl (C=O) groups is 1. The van der Waals surface area contributed by atoms with Crippen LogP contribution in [0.3, 0.4) is 0 Å². The summed E-state index contributed by atoms with van der Waals surface area (Å²) < 4.78 is 11.2. The van der Waals surface area contributed by atoms with Crippen LogP contribution in [-0.4, -0.2) is 50.6 Å². The van der Waals surface area contributed by atoms with Crippen LogP contribution >= 0.6 is 0 Å². The van der Waals surface area contributed by atoms with Crippen molar-refractivity contribution in [2.75, 3.05) is 19.7 Å². The van der Waals surface area contributed by atoms with Gasteiger partial charge >= 0.3 is 0 Å². The molecule has 8 nitrogen and oxygen atoms in total. The SMILES string of the molecule is O=C(C1=CCCCO1)N1C[C@H]2CCC[C@@]2(c2nc(-c3cnccn3)no2)C1. The number of ether oxygens (including phenoxy) is 1. The average Bonchev–Trinajstić information content (AvgIpc) is 3.43. The Morgan fingerprint density at radius 3 is 3.07 bits per heavy atom. The number of hydrogen-bond acceptors (Lipinski definition) is 7. The van der Waals surface area contributed by atoms with Gasteiger partial charge in [0.2, 0.25) is 11.7 Å². The number of nitrogens with zero attached hydrogens (tertiary/aromatic N) is 5. The standard InChI is InChI=1S/C19H21N5O3/c25-17(15-5-1-2-9-26-15)24-11-13-4-3-6-19(13,12-24)18-22-16(23-27-18)14-10-20-7-8-21-14/h5,7-8,10,13H,1-4,6,9,11-12H2/t13-,19-/m1/s1. The van der Waals surface area contributed by atoms with Gasteiger partial charge in [0.05, 0.1) is 18.2 Å². The Bertz CT molecular complexity index is 880. The first-order chi connectivity index (χ1) is 13.3. The van der Waals surface area contributed by atoms with E-state index >= 15 is 0 Å². The quantitative estimate of drug-likeness (QED) is 0.820. The Morgan fingerprint density at radius 1 is 1.30 bits per heavy atom. The van der Waals surface area contributed by atoms with E-state index in [1.807, 2.05) is 11.0 Å². The maximum absolute atomic E-state index is 12.9. The summed E-state index contributed by atoms with van der Waals surface area (Å²) >= 11 is 0. The molecule has 2 atom stereocenters. The number of fused-ring (bicyclic) bond motifs is 1. The molecule has 2 aliphatic heterocycles. The molecule has 2 aromatic rings. The second-order valence-corrected chi connectivity index (χ2v) is 7.50. The summed E-state index contributed by atoms with van der Waals surface area (Å²) in [7, 11) is 0. The van der Waals surface area contributed by atoms with Crippen molar-refractivity contribution in [2.45, 2.75) is 37.5 Å². The molecule has 2 aromatic heterocycles. The van der Waals surface area contributed by atoms with Crippen molar-refractivity contribution in [3.8, 4) is 11.5 Å². The normalized spacial score (nSPS) is 27.2. The fourth-order valence-corrected chi connectivity index (χ4v) is 4.60. The largest absolute Gasteiger partial charge is 0.488 e. The molecule has 140 valence electrons. The Hall–Kier alpha value is -2.77. The van der Waals surface area contributed by atoms with Crippen molar-refractivity contribution in [2.24, 2.45) is 5.92 Å². The third kappa shape index (κ3) is 2.70. The minimum atomic E-state index is -0.266. The minimum absolute atomic E-state index is 0.0165. The summed E-state index contributed by atoms with van der Waals surface area (Å²) in [6, 6.07) is 0. The molecule has 0 spiro atoms. The molecule has 5 rings (SSSR count). The van der Waals surface area contributed by atoms with Crippen molar-refractivity contribution in [1.82, 2.24) is 25.0 Å². The van der Waals surface area contributed by atoms with E-state index in [-0.39, 0.29) is 11.3 Å². The second kappa shape index (κ2) is 6.44. The molecular weight excluding hydrogens is 346 g/mol. The van der Waals surface area contributed by atoms with Gasteiger partial charge in [-0.05, 0) is 37.7 Å². The predicted molar refractivity (Wildman–Crippen MR) is 94.2 cm³/mol. The molecule has 1 saturated heterocycles. The van der Waals surface area contributed by atoms with Crippen molar-refractivity contribution < 1.29 is 14.1 Å². The molecule has 2 fully saturated rings. The van der Waals surface area contributed by atoms with Crippen molar-refractivity contribution >= 4 is 5.91 Å². The molecule has 0 radical (unpaired) electrons. The van der Waals surface area contributed by atoms with Gasteiger partial charge in [-0.3, -0.25) is 9.78 Å². The summed E-state index contributed by atoms with van der Waals surface area (Å²) in [5.74, 6) is 1.86. The highest BCUT2D eigenvalue weighted by Gasteiger charge is 2.55. The number of amides is 1. The molecule has 0 bridgehead atoms. The summed E-state index contributed by atoms with van der Waals surface area (Å²) in [6.07, 6.45) is 11.7. The first-order valence-corrected chi connectivity index (χ1v) is 9.49. The van der Waals surface area contributed by atoms with Gasteiger partial charge in [-0.1, -0.05) is 11.6 Å². The van der Waals surface area contributed by atoms with Crippen LogP contribution in [0.5, 0.6) is 0 Å². The van der Waals surface area contributed by atoms with Crippen LogP contribution in [0, 0.1) is 5.92 Å². The third-order valence-electron chi connectivity index (χ3n) is 5.95. The van der Waals surface area contributed by atoms with Gasteiger partial charge in [-0.2, -0.15) is 4.98 Å². The first kappa shape index (κ1) is 16.4. The number of hydrogen-bond donors (Lipinski definition) is 0. The van der Waals surface area contributed by atoms with E-state index in [1.54, 1.807) is 18.6 Å². The zero-order valence-electron chi connectivity index (χ0n) is 15.0. The van der Waals surface area contributed by atoms with E-state index in [1.165, 1.54) is 0 Å². The van der Waals surface area contributed by atoms with Crippen LogP contribution in [0.2, 0.25) is 0 Å². The highest BCUT2D eigenvalue weighted by atomic mass is 16.5. The van der Waals surface area contributed by atoms with E-state index in [0.717, 1.165) is 32.1 Å². The summed E-state index contributed by atoms with van der Waals surface area (Å²) in [5.41, 5.74) is 0.323. The maximum Gasteiger partial charge on any atom is 0.288 e. The van der Waals surface area contributed by atoms with Crippen LogP contribution in [0.1, 0.15) is 38.0 Å². The summed E-state index contributed by atoms with van der Waals surface area (Å²) in [6.45, 7) is 1.92. The highest BCUT2D eigenvalue weighted by Crippen LogP contribution is 2.50. The summed E-state index contributed by atoms with van der Waals surface area (Å²) in [5, 5.41) is 4.12. The lowest BCUT2D eigenvalue weighted by Crippen LogP contribution is -2.36. The van der Waals surface area contributed by atoms with Gasteiger partial charge in [0.1, 0.15) is 5.69 Å². The smallest absolute Gasteiger partial charge is 0.288 e. The van der Waals surface area contributed by atoms with Crippen LogP contribution in [-0.2, 0) is 14.9 Å². The van der Waals surface area contributed by atoms with Gasteiger partial charge in [-0.25, -0.2) is 4.98 Å². The zero-order chi connectivity index (χ0) is 18.3. The molecule has 0 aromatic carbocycles. The molecule has 8 heteroatoms. The molecule has 27 heavy (non-hydrogen) atoms. The Kier molecular flexibility index (Phi) is 3.91. The van der Waals surface area contributed by atoms with E-state index < -0.39 is 0 Å². The predicted octanol–water partition coefficient (Wildman–Crippen LogP) is 2.10. The lowest BCUT2D eigenvalue weighted by Gasteiger charge is -2.25. The van der Waals surface area contributed by atoms with Gasteiger partial charge in [0, 0.05) is 25.5 Å². The first-order valence-electron chi connectivity index (χ1n) is 9.49. The van der Waals surface area contributed by atoms with Crippen LogP contribution in [0.25, 0.3) is 11.5 Å². The number of carbonyl (C=O) groups excluding carboxylic acids is 1. The van der Waals surface area contributed by atoms with Gasteiger partial charge in [-0.15, -0.1) is 0 Å². The van der Waals surface area contributed by atoms with E-state index in [0.29, 0.717) is 48.8 Å². The summed E-state index contributed by atoms with van der Waals surface area (Å²) in [4.78, 5) is 27.7. The number of aromatic nitrogens is 4. The number of rotatable bonds is 3. The molecule has 0 unspecified atom stereocenters. The lowest BCUT2D eigenvalue weighted by atomic mass is 9.80. The van der Waals surface area contributed by atoms with Crippen molar-refractivity contribution in [3.05, 3.63) is 36.3 Å². The molecule has 4 heterocycles. The van der Waals surface area contributed by atoms with Gasteiger partial charge in [0.15, 0.2) is 5.76 Å². The molecule has 0 N–H and O–H groups in total. The van der Waals surface area contributed by atoms with Crippen LogP contribution < -0.4 is 0 Å². The fourth-order valence-electron chi connectivity index (χ4n) is 4.60. The van der Waals surface area contributed by atoms with Crippen molar-refractivity contribution in [3.63, 3.8) is 0 Å². The molecule has 1 saturated carbocycles. The molecule has 1 aliphatic carbocycles. The molecule has 1 amide bonds. The minimum Gasteiger partial charge on any atom is -0.488 e. The molecule has 3 aliphatic rings. The van der Waals surface area contributed by atoms with Crippen LogP contribution in [0.4, 0.5) is 0 Å². The lowest BCUT2D eigenvalue weighted by molar-refractivity contribution is -0.130. The van der Waals surface area contributed by atoms with E-state index in [4.69, 9.17) is 9.26 Å². The van der Waals surface area contributed by atoms with Crippen LogP contribution in [0.15, 0.2) is 34.9 Å². The number of likely N-dealkylation sites (tertiary alicyclic amines) is 1. The highest BCUT2D eigenvalue weighted by molar-refractivity contribution is 5.92. The maximum atomic E-state index is 12.9. The number of allylic oxidation sites excluding steroid dienone is 1. The topological polar surface area (TPSA) is 94.2 Å². The Labute approximate surface area is 156 Å². The Balaban J connectivity index is 1.42. The van der Waals surface area contributed by atoms with Gasteiger partial charge in [0.25, 0.3) is 5.91 Å². The van der Waals surface area contributed by atoms with E-state index in [9.17, 15) is 4.79 Å². The fraction of sp³-hybridized carbons (Fsp3) is 0.526. The second-order valence-electron chi connectivity index (χ2n) is 7.50. The molecular formula is C19H21N5O3. The van der Waals surface area contributed by atoms with Gasteiger partial charge < -0.3 is 14.2 Å². The van der Waals surface area contributed by atoms with E-state index in [2.05, 4.69) is 20.1 Å².